The van der Waals surface area contributed by atoms with Crippen LogP contribution in [-0.4, -0.2) is 4.98 Å². The van der Waals surface area contributed by atoms with E-state index in [4.69, 9.17) is 10.2 Å². The van der Waals surface area contributed by atoms with Crippen LogP contribution in [0.15, 0.2) is 71.1 Å². The fourth-order valence-corrected chi connectivity index (χ4v) is 2.54. The van der Waals surface area contributed by atoms with Gasteiger partial charge in [-0.25, -0.2) is 9.37 Å². The van der Waals surface area contributed by atoms with Gasteiger partial charge in [0.05, 0.1) is 5.69 Å². The molecule has 0 aliphatic carbocycles. The Kier molecular flexibility index (Phi) is 3.08. The summed E-state index contributed by atoms with van der Waals surface area (Å²) >= 11 is 0. The Morgan fingerprint density at radius 1 is 0.826 bits per heavy atom. The monoisotopic (exact) mass is 304 g/mol. The number of halogens is 1. The topological polar surface area (TPSA) is 52.0 Å². The molecule has 0 bridgehead atoms. The molecular formula is C19H13FN2O. The quantitative estimate of drug-likeness (QED) is 0.537. The Balaban J connectivity index is 1.80. The van der Waals surface area contributed by atoms with Crippen LogP contribution in [0, 0.1) is 5.82 Å². The van der Waals surface area contributed by atoms with E-state index in [9.17, 15) is 4.39 Å². The van der Waals surface area contributed by atoms with Gasteiger partial charge in [0.1, 0.15) is 11.3 Å². The van der Waals surface area contributed by atoms with E-state index >= 15 is 0 Å². The average molecular weight is 304 g/mol. The predicted molar refractivity (Wildman–Crippen MR) is 89.3 cm³/mol. The van der Waals surface area contributed by atoms with Crippen molar-refractivity contribution in [1.82, 2.24) is 4.98 Å². The van der Waals surface area contributed by atoms with Crippen LogP contribution in [0.5, 0.6) is 0 Å². The van der Waals surface area contributed by atoms with Crippen molar-refractivity contribution in [3.05, 3.63) is 72.5 Å². The fraction of sp³-hybridized carbons (Fsp3) is 0. The maximum Gasteiger partial charge on any atom is 0.227 e. The number of nitrogen functional groups attached to an aromatic ring is 1. The van der Waals surface area contributed by atoms with Crippen molar-refractivity contribution in [2.75, 3.05) is 5.73 Å². The Morgan fingerprint density at radius 2 is 1.61 bits per heavy atom. The highest BCUT2D eigenvalue weighted by Crippen LogP contribution is 2.29. The number of hydrogen-bond donors (Lipinski definition) is 1. The molecule has 4 aromatic rings. The molecule has 4 heteroatoms. The van der Waals surface area contributed by atoms with Crippen LogP contribution in [0.3, 0.4) is 0 Å². The van der Waals surface area contributed by atoms with Crippen molar-refractivity contribution in [2.24, 2.45) is 0 Å². The molecule has 2 N–H and O–H groups in total. The first kappa shape index (κ1) is 13.5. The molecule has 3 aromatic carbocycles. The van der Waals surface area contributed by atoms with Gasteiger partial charge in [0.25, 0.3) is 0 Å². The minimum Gasteiger partial charge on any atom is -0.436 e. The van der Waals surface area contributed by atoms with E-state index in [1.165, 1.54) is 12.1 Å². The Morgan fingerprint density at radius 3 is 2.39 bits per heavy atom. The number of fused-ring (bicyclic) bond motifs is 1. The van der Waals surface area contributed by atoms with E-state index in [0.29, 0.717) is 17.0 Å². The lowest BCUT2D eigenvalue weighted by Gasteiger charge is -1.99. The lowest BCUT2D eigenvalue weighted by Crippen LogP contribution is -1.90. The smallest absolute Gasteiger partial charge is 0.227 e. The van der Waals surface area contributed by atoms with Gasteiger partial charge in [-0.1, -0.05) is 36.4 Å². The number of oxazole rings is 1. The van der Waals surface area contributed by atoms with Crippen molar-refractivity contribution in [3.63, 3.8) is 0 Å². The number of nitrogens with zero attached hydrogens (tertiary/aromatic N) is 1. The molecule has 0 atom stereocenters. The molecule has 0 fully saturated rings. The van der Waals surface area contributed by atoms with E-state index in [2.05, 4.69) is 4.98 Å². The summed E-state index contributed by atoms with van der Waals surface area (Å²) in [7, 11) is 0. The third kappa shape index (κ3) is 2.44. The minimum absolute atomic E-state index is 0.0785. The van der Waals surface area contributed by atoms with Crippen molar-refractivity contribution >= 4 is 16.8 Å². The van der Waals surface area contributed by atoms with E-state index in [1.807, 2.05) is 48.5 Å². The Labute approximate surface area is 132 Å². The summed E-state index contributed by atoms with van der Waals surface area (Å²) in [6.07, 6.45) is 0. The standard InChI is InChI=1S/C19H13FN2O/c20-15-8-6-14(10-16(15)21)19-22-17-11-13(7-9-18(17)23-19)12-4-2-1-3-5-12/h1-11H,21H2. The van der Waals surface area contributed by atoms with Crippen LogP contribution in [0.25, 0.3) is 33.7 Å². The molecule has 4 rings (SSSR count). The van der Waals surface area contributed by atoms with Crippen molar-refractivity contribution in [2.45, 2.75) is 0 Å². The van der Waals surface area contributed by atoms with Gasteiger partial charge in [-0.05, 0) is 41.5 Å². The van der Waals surface area contributed by atoms with Gasteiger partial charge in [0.15, 0.2) is 5.58 Å². The third-order valence-electron chi connectivity index (χ3n) is 3.74. The van der Waals surface area contributed by atoms with Gasteiger partial charge in [-0.2, -0.15) is 0 Å². The van der Waals surface area contributed by atoms with Gasteiger partial charge >= 0.3 is 0 Å². The lowest BCUT2D eigenvalue weighted by atomic mass is 10.1. The third-order valence-corrected chi connectivity index (χ3v) is 3.74. The minimum atomic E-state index is -0.448. The first-order chi connectivity index (χ1) is 11.2. The predicted octanol–water partition coefficient (Wildman–Crippen LogP) is 4.88. The molecule has 0 saturated heterocycles. The summed E-state index contributed by atoms with van der Waals surface area (Å²) in [4.78, 5) is 4.50. The zero-order valence-electron chi connectivity index (χ0n) is 12.2. The van der Waals surface area contributed by atoms with Crippen LogP contribution in [0.4, 0.5) is 10.1 Å². The van der Waals surface area contributed by atoms with Gasteiger partial charge in [0.2, 0.25) is 5.89 Å². The molecule has 1 aromatic heterocycles. The van der Waals surface area contributed by atoms with E-state index in [0.717, 1.165) is 16.6 Å². The number of hydrogen-bond acceptors (Lipinski definition) is 3. The van der Waals surface area contributed by atoms with E-state index < -0.39 is 5.82 Å². The molecule has 0 amide bonds. The summed E-state index contributed by atoms with van der Waals surface area (Å²) < 4.78 is 19.0. The van der Waals surface area contributed by atoms with Gasteiger partial charge in [0, 0.05) is 5.56 Å². The Hall–Kier alpha value is -3.14. The zero-order valence-corrected chi connectivity index (χ0v) is 12.2. The summed E-state index contributed by atoms with van der Waals surface area (Å²) in [6, 6.07) is 20.4. The van der Waals surface area contributed by atoms with Crippen LogP contribution in [0.2, 0.25) is 0 Å². The van der Waals surface area contributed by atoms with Gasteiger partial charge in [-0.15, -0.1) is 0 Å². The molecule has 0 spiro atoms. The first-order valence-electron chi connectivity index (χ1n) is 7.22. The number of aromatic nitrogens is 1. The first-order valence-corrected chi connectivity index (χ1v) is 7.22. The summed E-state index contributed by atoms with van der Waals surface area (Å²) in [5.41, 5.74) is 9.96. The highest BCUT2D eigenvalue weighted by atomic mass is 19.1. The summed E-state index contributed by atoms with van der Waals surface area (Å²) in [5, 5.41) is 0. The molecular weight excluding hydrogens is 291 g/mol. The normalized spacial score (nSPS) is 11.0. The van der Waals surface area contributed by atoms with Crippen LogP contribution >= 0.6 is 0 Å². The maximum atomic E-state index is 13.3. The fourth-order valence-electron chi connectivity index (χ4n) is 2.54. The summed E-state index contributed by atoms with van der Waals surface area (Å²) in [5.74, 6) is -0.0202. The summed E-state index contributed by atoms with van der Waals surface area (Å²) in [6.45, 7) is 0. The molecule has 1 heterocycles. The molecule has 0 saturated carbocycles. The highest BCUT2D eigenvalue weighted by molar-refractivity contribution is 5.82. The Bertz CT molecular complexity index is 993. The molecule has 0 aliphatic heterocycles. The van der Waals surface area contributed by atoms with Crippen LogP contribution in [-0.2, 0) is 0 Å². The second-order valence-corrected chi connectivity index (χ2v) is 5.30. The zero-order chi connectivity index (χ0) is 15.8. The molecule has 3 nitrogen and oxygen atoms in total. The number of rotatable bonds is 2. The second-order valence-electron chi connectivity index (χ2n) is 5.30. The maximum absolute atomic E-state index is 13.3. The van der Waals surface area contributed by atoms with Crippen molar-refractivity contribution in [1.29, 1.82) is 0 Å². The molecule has 23 heavy (non-hydrogen) atoms. The van der Waals surface area contributed by atoms with Crippen LogP contribution < -0.4 is 5.73 Å². The van der Waals surface area contributed by atoms with E-state index in [1.54, 1.807) is 6.07 Å². The largest absolute Gasteiger partial charge is 0.436 e. The molecule has 0 aliphatic rings. The molecule has 112 valence electrons. The van der Waals surface area contributed by atoms with Gasteiger partial charge in [-0.3, -0.25) is 0 Å². The number of benzene rings is 3. The molecule has 0 radical (unpaired) electrons. The highest BCUT2D eigenvalue weighted by Gasteiger charge is 2.11. The van der Waals surface area contributed by atoms with E-state index in [-0.39, 0.29) is 5.69 Å². The van der Waals surface area contributed by atoms with Crippen molar-refractivity contribution < 1.29 is 8.81 Å². The number of anilines is 1. The SMILES string of the molecule is Nc1cc(-c2nc3cc(-c4ccccc4)ccc3o2)ccc1F. The van der Waals surface area contributed by atoms with Crippen molar-refractivity contribution in [3.8, 4) is 22.6 Å². The average Bonchev–Trinajstić information content (AvgIpc) is 3.01. The number of nitrogens with two attached hydrogens (primary N) is 1. The molecule has 0 unspecified atom stereocenters. The second kappa shape index (κ2) is 5.25. The van der Waals surface area contributed by atoms with Crippen LogP contribution in [0.1, 0.15) is 0 Å². The van der Waals surface area contributed by atoms with Gasteiger partial charge < -0.3 is 10.2 Å². The lowest BCUT2D eigenvalue weighted by molar-refractivity contribution is 0.617.